The lowest BCUT2D eigenvalue weighted by Gasteiger charge is -2.39. The van der Waals surface area contributed by atoms with Gasteiger partial charge in [0.25, 0.3) is 5.91 Å². The Hall–Kier alpha value is -4.17. The second-order valence-electron chi connectivity index (χ2n) is 9.19. The van der Waals surface area contributed by atoms with Crippen LogP contribution >= 0.6 is 0 Å². The zero-order valence-corrected chi connectivity index (χ0v) is 20.8. The monoisotopic (exact) mass is 499 g/mol. The van der Waals surface area contributed by atoms with E-state index in [0.29, 0.717) is 36.7 Å². The molecule has 1 N–H and O–H groups in total. The number of rotatable bonds is 7. The average molecular weight is 500 g/mol. The Morgan fingerprint density at radius 3 is 2.16 bits per heavy atom. The van der Waals surface area contributed by atoms with Gasteiger partial charge in [0, 0.05) is 13.1 Å². The molecule has 190 valence electrons. The molecule has 2 atom stereocenters. The van der Waals surface area contributed by atoms with E-state index >= 15 is 0 Å². The van der Waals surface area contributed by atoms with E-state index in [-0.39, 0.29) is 24.1 Å². The first-order valence-electron chi connectivity index (χ1n) is 12.2. The number of hydrogen-bond acceptors (Lipinski definition) is 6. The van der Waals surface area contributed by atoms with Crippen LogP contribution in [0.3, 0.4) is 0 Å². The Morgan fingerprint density at radius 1 is 0.892 bits per heavy atom. The second-order valence-corrected chi connectivity index (χ2v) is 9.19. The number of nitrogens with one attached hydrogen (secondary N) is 1. The number of anilines is 1. The summed E-state index contributed by atoms with van der Waals surface area (Å²) in [5.41, 5.74) is 3.40. The molecule has 8 nitrogen and oxygen atoms in total. The van der Waals surface area contributed by atoms with Crippen LogP contribution in [0.4, 0.5) is 5.69 Å². The molecule has 0 radical (unpaired) electrons. The van der Waals surface area contributed by atoms with Gasteiger partial charge in [0.05, 0.1) is 38.4 Å². The van der Waals surface area contributed by atoms with E-state index in [1.165, 1.54) is 4.90 Å². The summed E-state index contributed by atoms with van der Waals surface area (Å²) in [5, 5.41) is 3.03. The Kier molecular flexibility index (Phi) is 6.92. The summed E-state index contributed by atoms with van der Waals surface area (Å²) < 4.78 is 11.0. The minimum absolute atomic E-state index is 0.0127. The Labute approximate surface area is 215 Å². The number of imide groups is 1. The van der Waals surface area contributed by atoms with Crippen LogP contribution in [0, 0.1) is 0 Å². The first-order valence-corrected chi connectivity index (χ1v) is 12.2. The third kappa shape index (κ3) is 4.80. The molecule has 2 aliphatic heterocycles. The Balaban J connectivity index is 1.47. The molecular weight excluding hydrogens is 470 g/mol. The number of amides is 3. The highest BCUT2D eigenvalue weighted by Crippen LogP contribution is 2.37. The highest BCUT2D eigenvalue weighted by atomic mass is 16.5. The van der Waals surface area contributed by atoms with Crippen molar-refractivity contribution in [2.24, 2.45) is 0 Å². The van der Waals surface area contributed by atoms with Gasteiger partial charge in [0.2, 0.25) is 11.8 Å². The van der Waals surface area contributed by atoms with Crippen LogP contribution in [0.15, 0.2) is 72.8 Å². The molecule has 0 aliphatic carbocycles. The van der Waals surface area contributed by atoms with E-state index in [0.717, 1.165) is 16.7 Å². The number of carbonyl (C=O) groups excluding carboxylic acids is 3. The number of ether oxygens (including phenoxy) is 2. The van der Waals surface area contributed by atoms with Gasteiger partial charge in [0.15, 0.2) is 11.5 Å². The van der Waals surface area contributed by atoms with E-state index in [1.807, 2.05) is 53.4 Å². The maximum Gasteiger partial charge on any atom is 0.251 e. The molecule has 2 heterocycles. The summed E-state index contributed by atoms with van der Waals surface area (Å²) in [6.07, 6.45) is 0.387. The molecule has 2 aliphatic rings. The maximum atomic E-state index is 13.6. The van der Waals surface area contributed by atoms with Gasteiger partial charge in [-0.25, -0.2) is 4.90 Å². The van der Waals surface area contributed by atoms with Gasteiger partial charge in [-0.1, -0.05) is 48.5 Å². The molecular formula is C29H29N3O5. The molecule has 0 saturated carbocycles. The first kappa shape index (κ1) is 24.5. The van der Waals surface area contributed by atoms with Gasteiger partial charge in [-0.05, 0) is 47.4 Å². The van der Waals surface area contributed by atoms with Crippen molar-refractivity contribution >= 4 is 23.4 Å². The lowest BCUT2D eigenvalue weighted by Crippen LogP contribution is -2.55. The lowest BCUT2D eigenvalue weighted by molar-refractivity contribution is -0.131. The van der Waals surface area contributed by atoms with Gasteiger partial charge in [-0.2, -0.15) is 0 Å². The number of fused-ring (bicyclic) bond motifs is 1. The summed E-state index contributed by atoms with van der Waals surface area (Å²) in [7, 11) is 3.14. The van der Waals surface area contributed by atoms with Crippen molar-refractivity contribution < 1.29 is 23.9 Å². The van der Waals surface area contributed by atoms with Crippen LogP contribution in [0.5, 0.6) is 11.5 Å². The van der Waals surface area contributed by atoms with Crippen LogP contribution < -0.4 is 19.7 Å². The number of nitrogens with zero attached hydrogens (tertiary/aromatic N) is 2. The Bertz CT molecular complexity index is 1310. The van der Waals surface area contributed by atoms with Crippen molar-refractivity contribution in [2.45, 2.75) is 38.0 Å². The number of para-hydroxylation sites is 1. The molecule has 0 bridgehead atoms. The van der Waals surface area contributed by atoms with Crippen LogP contribution in [0.2, 0.25) is 0 Å². The number of methoxy groups -OCH3 is 2. The molecule has 1 saturated heterocycles. The minimum atomic E-state index is -0.749. The first-order chi connectivity index (χ1) is 18.0. The van der Waals surface area contributed by atoms with Crippen LogP contribution in [0.1, 0.15) is 23.1 Å². The molecule has 0 aromatic heterocycles. The van der Waals surface area contributed by atoms with Crippen LogP contribution in [0.25, 0.3) is 0 Å². The van der Waals surface area contributed by atoms with Gasteiger partial charge < -0.3 is 14.8 Å². The fourth-order valence-corrected chi connectivity index (χ4v) is 5.13. The molecule has 3 amide bonds. The van der Waals surface area contributed by atoms with Crippen molar-refractivity contribution in [1.29, 1.82) is 0 Å². The molecule has 3 aromatic carbocycles. The van der Waals surface area contributed by atoms with Gasteiger partial charge in [0.1, 0.15) is 0 Å². The molecule has 0 spiro atoms. The number of benzene rings is 3. The predicted octanol–water partition coefficient (Wildman–Crippen LogP) is 3.08. The highest BCUT2D eigenvalue weighted by molar-refractivity contribution is 6.22. The van der Waals surface area contributed by atoms with Crippen molar-refractivity contribution in [2.75, 3.05) is 19.1 Å². The topological polar surface area (TPSA) is 88.2 Å². The predicted molar refractivity (Wildman–Crippen MR) is 138 cm³/mol. The third-order valence-corrected chi connectivity index (χ3v) is 7.02. The fourth-order valence-electron chi connectivity index (χ4n) is 5.13. The van der Waals surface area contributed by atoms with Crippen molar-refractivity contribution in [3.63, 3.8) is 0 Å². The van der Waals surface area contributed by atoms with E-state index < -0.39 is 12.1 Å². The smallest absolute Gasteiger partial charge is 0.251 e. The van der Waals surface area contributed by atoms with Gasteiger partial charge in [-0.3, -0.25) is 19.3 Å². The Morgan fingerprint density at radius 2 is 1.51 bits per heavy atom. The van der Waals surface area contributed by atoms with Gasteiger partial charge >= 0.3 is 0 Å². The van der Waals surface area contributed by atoms with Crippen molar-refractivity contribution in [3.8, 4) is 11.5 Å². The van der Waals surface area contributed by atoms with E-state index in [4.69, 9.17) is 9.47 Å². The molecule has 1 fully saturated rings. The zero-order chi connectivity index (χ0) is 25.9. The second kappa shape index (κ2) is 10.4. The lowest BCUT2D eigenvalue weighted by atomic mass is 9.91. The zero-order valence-electron chi connectivity index (χ0n) is 20.8. The maximum absolute atomic E-state index is 13.6. The molecule has 3 aromatic rings. The minimum Gasteiger partial charge on any atom is -0.493 e. The largest absolute Gasteiger partial charge is 0.493 e. The number of hydrogen-bond donors (Lipinski definition) is 1. The summed E-state index contributed by atoms with van der Waals surface area (Å²) >= 11 is 0. The average Bonchev–Trinajstić information content (AvgIpc) is 3.24. The molecule has 0 unspecified atom stereocenters. The molecule has 8 heteroatoms. The summed E-state index contributed by atoms with van der Waals surface area (Å²) in [6.45, 7) is 0.696. The standard InChI is InChI=1S/C29H29N3O5/c1-36-25-14-20-13-23(28(34)30-17-19-9-5-3-6-10-19)31(18-21(20)15-26(25)37-2)24-16-27(33)32(29(24)35)22-11-7-4-8-12-22/h3-12,14-15,23-24H,13,16-18H2,1-2H3,(H,30,34)/t23-,24+/m0/s1. The van der Waals surface area contributed by atoms with Gasteiger partial charge in [-0.15, -0.1) is 0 Å². The van der Waals surface area contributed by atoms with Crippen molar-refractivity contribution in [3.05, 3.63) is 89.5 Å². The summed E-state index contributed by atoms with van der Waals surface area (Å²) in [6, 6.07) is 21.0. The van der Waals surface area contributed by atoms with Crippen LogP contribution in [-0.4, -0.2) is 48.9 Å². The fraction of sp³-hybridized carbons (Fsp3) is 0.276. The van der Waals surface area contributed by atoms with E-state index in [2.05, 4.69) is 5.32 Å². The third-order valence-electron chi connectivity index (χ3n) is 7.02. The quantitative estimate of drug-likeness (QED) is 0.503. The van der Waals surface area contributed by atoms with Crippen LogP contribution in [-0.2, 0) is 33.9 Å². The molecule has 37 heavy (non-hydrogen) atoms. The normalized spacial score (nSPS) is 19.5. The summed E-state index contributed by atoms with van der Waals surface area (Å²) in [5.74, 6) is 0.375. The van der Waals surface area contributed by atoms with E-state index in [9.17, 15) is 14.4 Å². The van der Waals surface area contributed by atoms with E-state index in [1.54, 1.807) is 38.5 Å². The highest BCUT2D eigenvalue weighted by Gasteiger charge is 2.47. The summed E-state index contributed by atoms with van der Waals surface area (Å²) in [4.78, 5) is 43.2. The number of carbonyl (C=O) groups is 3. The van der Waals surface area contributed by atoms with Crippen molar-refractivity contribution in [1.82, 2.24) is 10.2 Å². The molecule has 5 rings (SSSR count). The SMILES string of the molecule is COc1cc2c(cc1OC)CN([C@@H]1CC(=O)N(c3ccccc3)C1=O)[C@H](C(=O)NCc1ccccc1)C2.